The number of pyridine rings is 1. The van der Waals surface area contributed by atoms with Crippen LogP contribution in [0.3, 0.4) is 0 Å². The number of carboxylic acid groups (broad SMARTS) is 1. The maximum absolute atomic E-state index is 14.1. The summed E-state index contributed by atoms with van der Waals surface area (Å²) in [6, 6.07) is 4.26. The molecule has 1 saturated carbocycles. The highest BCUT2D eigenvalue weighted by atomic mass is 19.4. The van der Waals surface area contributed by atoms with Crippen molar-refractivity contribution in [2.75, 3.05) is 18.6 Å². The molecule has 1 N–H and O–H groups in total. The average molecular weight is 663 g/mol. The van der Waals surface area contributed by atoms with Crippen LogP contribution in [0.2, 0.25) is 0 Å². The number of halogens is 3. The van der Waals surface area contributed by atoms with E-state index in [0.29, 0.717) is 30.5 Å². The van der Waals surface area contributed by atoms with Gasteiger partial charge in [0, 0.05) is 31.6 Å². The molecule has 0 aliphatic heterocycles. The van der Waals surface area contributed by atoms with Gasteiger partial charge in [0.1, 0.15) is 11.3 Å². The number of carbonyl (C=O) groups is 2. The zero-order valence-electron chi connectivity index (χ0n) is 28.1. The van der Waals surface area contributed by atoms with Crippen LogP contribution in [-0.4, -0.2) is 51.9 Å². The van der Waals surface area contributed by atoms with Crippen molar-refractivity contribution >= 4 is 17.6 Å². The third-order valence-corrected chi connectivity index (χ3v) is 7.96. The van der Waals surface area contributed by atoms with Crippen molar-refractivity contribution < 1.29 is 41.9 Å². The molecule has 1 aromatic carbocycles. The fourth-order valence-electron chi connectivity index (χ4n) is 5.44. The molecule has 3 aromatic rings. The summed E-state index contributed by atoms with van der Waals surface area (Å²) >= 11 is 0. The van der Waals surface area contributed by atoms with Crippen LogP contribution in [0, 0.1) is 11.8 Å². The lowest BCUT2D eigenvalue weighted by Crippen LogP contribution is -2.46. The Hall–Kier alpha value is -4.00. The molecule has 1 amide bonds. The van der Waals surface area contributed by atoms with Crippen molar-refractivity contribution in [1.82, 2.24) is 15.1 Å². The monoisotopic (exact) mass is 662 g/mol. The second-order valence-corrected chi connectivity index (χ2v) is 12.0. The van der Waals surface area contributed by atoms with E-state index in [1.807, 2.05) is 27.7 Å². The molecule has 1 unspecified atom stereocenters. The molecule has 0 saturated heterocycles. The quantitative estimate of drug-likeness (QED) is 0.205. The lowest BCUT2D eigenvalue weighted by molar-refractivity contribution is -0.139. The fraction of sp³-hybridized carbons (Fsp3) is 0.559. The highest BCUT2D eigenvalue weighted by molar-refractivity contribution is 6.03. The van der Waals surface area contributed by atoms with Gasteiger partial charge in [0.25, 0.3) is 0 Å². The first kappa shape index (κ1) is 37.5. The number of amides is 1. The molecule has 0 radical (unpaired) electrons. The summed E-state index contributed by atoms with van der Waals surface area (Å²) in [5.74, 6) is -1.37. The van der Waals surface area contributed by atoms with Gasteiger partial charge in [0.15, 0.2) is 5.82 Å². The van der Waals surface area contributed by atoms with Gasteiger partial charge in [-0.15, -0.1) is 0 Å². The van der Waals surface area contributed by atoms with Gasteiger partial charge >= 0.3 is 12.1 Å². The van der Waals surface area contributed by atoms with Crippen LogP contribution in [0.1, 0.15) is 106 Å². The zero-order chi connectivity index (χ0) is 34.9. The van der Waals surface area contributed by atoms with E-state index in [1.54, 1.807) is 6.92 Å². The van der Waals surface area contributed by atoms with Crippen LogP contribution in [0.25, 0.3) is 0 Å². The summed E-state index contributed by atoms with van der Waals surface area (Å²) in [7, 11) is 1.49. The third kappa shape index (κ3) is 9.75. The number of alkyl halides is 3. The summed E-state index contributed by atoms with van der Waals surface area (Å²) < 4.78 is 58.3. The number of hydrogen-bond donors (Lipinski definition) is 1. The molecule has 13 heteroatoms. The SMILES string of the molecule is CC.COCC(C)N(C(=O)C1CCC(C)CC1)c1ccc(Oc2ncc(CCc3nc(C(C)C)no3)cc2C(F)(F)F)cc1C(=O)O. The Balaban J connectivity index is 0.00000294. The van der Waals surface area contributed by atoms with Crippen LogP contribution in [0.5, 0.6) is 11.6 Å². The molecule has 1 aliphatic carbocycles. The molecule has 0 spiro atoms. The number of methoxy groups -OCH3 is 1. The summed E-state index contributed by atoms with van der Waals surface area (Å²) in [6.07, 6.45) is 0.00519. The Bertz CT molecular complexity index is 1480. The smallest absolute Gasteiger partial charge is 0.421 e. The van der Waals surface area contributed by atoms with E-state index >= 15 is 0 Å². The van der Waals surface area contributed by atoms with E-state index in [0.717, 1.165) is 25.0 Å². The molecular weight excluding hydrogens is 617 g/mol. The molecular formula is C34H45F3N4O6. The number of nitrogens with zero attached hydrogens (tertiary/aromatic N) is 4. The number of benzene rings is 1. The van der Waals surface area contributed by atoms with Gasteiger partial charge in [-0.05, 0) is 74.8 Å². The predicted octanol–water partition coefficient (Wildman–Crippen LogP) is 8.10. The first-order valence-corrected chi connectivity index (χ1v) is 16.0. The molecule has 10 nitrogen and oxygen atoms in total. The number of aryl methyl sites for hydroxylation is 2. The van der Waals surface area contributed by atoms with Gasteiger partial charge < -0.3 is 24.0 Å². The van der Waals surface area contributed by atoms with Gasteiger partial charge in [0.05, 0.1) is 23.9 Å². The molecule has 2 heterocycles. The van der Waals surface area contributed by atoms with Gasteiger partial charge in [0.2, 0.25) is 17.7 Å². The maximum atomic E-state index is 14.1. The van der Waals surface area contributed by atoms with E-state index in [2.05, 4.69) is 22.0 Å². The van der Waals surface area contributed by atoms with Crippen LogP contribution in [-0.2, 0) is 28.5 Å². The number of hydrogen-bond acceptors (Lipinski definition) is 8. The van der Waals surface area contributed by atoms with Gasteiger partial charge in [-0.1, -0.05) is 39.8 Å². The van der Waals surface area contributed by atoms with Crippen LogP contribution in [0.4, 0.5) is 18.9 Å². The Kier molecular flexibility index (Phi) is 13.3. The Morgan fingerprint density at radius 2 is 1.77 bits per heavy atom. The lowest BCUT2D eigenvalue weighted by atomic mass is 9.82. The minimum absolute atomic E-state index is 0.0475. The largest absolute Gasteiger partial charge is 0.478 e. The van der Waals surface area contributed by atoms with Crippen molar-refractivity contribution in [2.24, 2.45) is 11.8 Å². The molecule has 0 bridgehead atoms. The standard InChI is InChI=1S/C32H39F3N4O6.C2H6/c1-18(2)28-37-27(45-38-28)13-8-21-14-25(32(33,34)35)29(36-16-21)44-23-11-12-26(24(15-23)31(41)42)39(20(4)17-43-5)30(40)22-9-6-19(3)7-10-22;1-2/h11-12,14-16,18-20,22H,6-10,13,17H2,1-5H3,(H,41,42);1-2H3. The Morgan fingerprint density at radius 3 is 2.34 bits per heavy atom. The van der Waals surface area contributed by atoms with Crippen molar-refractivity contribution in [3.8, 4) is 11.6 Å². The number of anilines is 1. The molecule has 258 valence electrons. The van der Waals surface area contributed by atoms with Crippen molar-refractivity contribution in [2.45, 2.75) is 98.2 Å². The minimum Gasteiger partial charge on any atom is -0.478 e. The fourth-order valence-corrected chi connectivity index (χ4v) is 5.44. The zero-order valence-corrected chi connectivity index (χ0v) is 28.1. The molecule has 2 aromatic heterocycles. The lowest BCUT2D eigenvalue weighted by Gasteiger charge is -2.35. The first-order chi connectivity index (χ1) is 22.3. The third-order valence-electron chi connectivity index (χ3n) is 7.96. The van der Waals surface area contributed by atoms with E-state index < -0.39 is 29.6 Å². The van der Waals surface area contributed by atoms with Crippen molar-refractivity contribution in [1.29, 1.82) is 0 Å². The topological polar surface area (TPSA) is 128 Å². The highest BCUT2D eigenvalue weighted by Gasteiger charge is 2.37. The van der Waals surface area contributed by atoms with E-state index in [1.165, 1.54) is 30.3 Å². The van der Waals surface area contributed by atoms with Gasteiger partial charge in [-0.3, -0.25) is 4.79 Å². The summed E-state index contributed by atoms with van der Waals surface area (Å²) in [5.41, 5.74) is -1.02. The molecule has 1 fully saturated rings. The molecule has 1 atom stereocenters. The van der Waals surface area contributed by atoms with Gasteiger partial charge in [-0.25, -0.2) is 9.78 Å². The molecule has 4 rings (SSSR count). The average Bonchev–Trinajstić information content (AvgIpc) is 3.52. The van der Waals surface area contributed by atoms with Crippen molar-refractivity contribution in [3.63, 3.8) is 0 Å². The van der Waals surface area contributed by atoms with Crippen LogP contribution in [0.15, 0.2) is 35.0 Å². The maximum Gasteiger partial charge on any atom is 0.421 e. The Morgan fingerprint density at radius 1 is 1.09 bits per heavy atom. The van der Waals surface area contributed by atoms with Crippen molar-refractivity contribution in [3.05, 3.63) is 58.9 Å². The predicted molar refractivity (Wildman–Crippen MR) is 170 cm³/mol. The molecule has 47 heavy (non-hydrogen) atoms. The summed E-state index contributed by atoms with van der Waals surface area (Å²) in [6.45, 7) is 11.8. The highest BCUT2D eigenvalue weighted by Crippen LogP contribution is 2.39. The van der Waals surface area contributed by atoms with Crippen LogP contribution >= 0.6 is 0 Å². The number of carboxylic acids is 1. The summed E-state index contributed by atoms with van der Waals surface area (Å²) in [5, 5.41) is 14.0. The summed E-state index contributed by atoms with van der Waals surface area (Å²) in [4.78, 5) is 35.8. The number of aromatic carboxylic acids is 1. The van der Waals surface area contributed by atoms with E-state index in [9.17, 15) is 27.9 Å². The first-order valence-electron chi connectivity index (χ1n) is 16.0. The Labute approximate surface area is 273 Å². The number of aromatic nitrogens is 3. The second-order valence-electron chi connectivity index (χ2n) is 12.0. The van der Waals surface area contributed by atoms with Gasteiger partial charge in [-0.2, -0.15) is 18.2 Å². The number of rotatable bonds is 12. The minimum atomic E-state index is -4.81. The van der Waals surface area contributed by atoms with E-state index in [-0.39, 0.29) is 59.8 Å². The number of carbonyl (C=O) groups excluding carboxylic acids is 1. The number of ether oxygens (including phenoxy) is 2. The molecule has 1 aliphatic rings. The van der Waals surface area contributed by atoms with E-state index in [4.69, 9.17) is 14.0 Å². The normalized spacial score (nSPS) is 17.1. The second kappa shape index (κ2) is 16.7. The van der Waals surface area contributed by atoms with Crippen LogP contribution < -0.4 is 9.64 Å².